The van der Waals surface area contributed by atoms with E-state index in [2.05, 4.69) is 25.2 Å². The summed E-state index contributed by atoms with van der Waals surface area (Å²) in [5, 5.41) is 3.46. The summed E-state index contributed by atoms with van der Waals surface area (Å²) < 4.78 is 11.2. The van der Waals surface area contributed by atoms with E-state index in [9.17, 15) is 0 Å². The van der Waals surface area contributed by atoms with Gasteiger partial charge in [0.2, 0.25) is 0 Å². The van der Waals surface area contributed by atoms with E-state index in [1.807, 2.05) is 0 Å². The van der Waals surface area contributed by atoms with Gasteiger partial charge in [-0.25, -0.2) is 0 Å². The Morgan fingerprint density at radius 1 is 1.44 bits per heavy atom. The molecule has 0 fully saturated rings. The minimum absolute atomic E-state index is 0.335. The molecule has 16 heavy (non-hydrogen) atoms. The Morgan fingerprint density at radius 2 is 2.31 bits per heavy atom. The summed E-state index contributed by atoms with van der Waals surface area (Å²) in [6.45, 7) is 7.77. The van der Waals surface area contributed by atoms with E-state index in [1.165, 1.54) is 0 Å². The van der Waals surface area contributed by atoms with E-state index in [4.69, 9.17) is 9.47 Å². The van der Waals surface area contributed by atoms with Gasteiger partial charge in [0.05, 0.1) is 12.6 Å². The van der Waals surface area contributed by atoms with Gasteiger partial charge < -0.3 is 14.8 Å². The van der Waals surface area contributed by atoms with Gasteiger partial charge in [0.1, 0.15) is 5.76 Å². The van der Waals surface area contributed by atoms with Crippen molar-refractivity contribution in [3.63, 3.8) is 0 Å². The average Bonchev–Trinajstić information content (AvgIpc) is 2.34. The zero-order valence-corrected chi connectivity index (χ0v) is 10.6. The zero-order valence-electron chi connectivity index (χ0n) is 10.6. The summed E-state index contributed by atoms with van der Waals surface area (Å²) in [4.78, 5) is 0. The lowest BCUT2D eigenvalue weighted by Gasteiger charge is -2.24. The van der Waals surface area contributed by atoms with Gasteiger partial charge in [-0.1, -0.05) is 13.8 Å². The third-order valence-corrected chi connectivity index (χ3v) is 2.66. The first-order chi connectivity index (χ1) is 7.88. The summed E-state index contributed by atoms with van der Waals surface area (Å²) in [6, 6.07) is 0.335. The normalized spacial score (nSPS) is 17.8. The molecule has 0 amide bonds. The van der Waals surface area contributed by atoms with Crippen LogP contribution < -0.4 is 5.32 Å². The molecule has 0 saturated heterocycles. The van der Waals surface area contributed by atoms with Gasteiger partial charge in [-0.2, -0.15) is 0 Å². The SMILES string of the molecule is CCCOCCC(NCC)C1=CCCCO1. The number of likely N-dealkylation sites (N-methyl/N-ethyl adjacent to an activating group) is 1. The van der Waals surface area contributed by atoms with Gasteiger partial charge in [-0.05, 0) is 38.3 Å². The van der Waals surface area contributed by atoms with Crippen molar-refractivity contribution < 1.29 is 9.47 Å². The third kappa shape index (κ3) is 4.99. The van der Waals surface area contributed by atoms with E-state index in [1.54, 1.807) is 0 Å². The number of allylic oxidation sites excluding steroid dienone is 1. The van der Waals surface area contributed by atoms with Crippen LogP contribution in [0, 0.1) is 0 Å². The molecule has 3 heteroatoms. The van der Waals surface area contributed by atoms with E-state index in [-0.39, 0.29) is 0 Å². The molecule has 0 radical (unpaired) electrons. The van der Waals surface area contributed by atoms with E-state index in [0.29, 0.717) is 6.04 Å². The van der Waals surface area contributed by atoms with Crippen molar-refractivity contribution in [2.75, 3.05) is 26.4 Å². The van der Waals surface area contributed by atoms with Crippen molar-refractivity contribution in [2.45, 2.75) is 45.6 Å². The van der Waals surface area contributed by atoms with Crippen molar-refractivity contribution in [1.29, 1.82) is 0 Å². The molecule has 1 unspecified atom stereocenters. The van der Waals surface area contributed by atoms with Crippen LogP contribution in [0.3, 0.4) is 0 Å². The minimum Gasteiger partial charge on any atom is -0.497 e. The maximum atomic E-state index is 5.69. The molecule has 0 saturated carbocycles. The van der Waals surface area contributed by atoms with E-state index in [0.717, 1.165) is 57.8 Å². The van der Waals surface area contributed by atoms with Crippen LogP contribution in [0.5, 0.6) is 0 Å². The molecule has 3 nitrogen and oxygen atoms in total. The Labute approximate surface area is 99.2 Å². The topological polar surface area (TPSA) is 30.5 Å². The Bertz CT molecular complexity index is 204. The molecule has 1 atom stereocenters. The average molecular weight is 227 g/mol. The molecule has 0 bridgehead atoms. The number of rotatable bonds is 8. The van der Waals surface area contributed by atoms with Gasteiger partial charge in [-0.15, -0.1) is 0 Å². The lowest BCUT2D eigenvalue weighted by atomic mass is 10.1. The fourth-order valence-corrected chi connectivity index (χ4v) is 1.86. The number of hydrogen-bond acceptors (Lipinski definition) is 3. The van der Waals surface area contributed by atoms with Gasteiger partial charge in [0.15, 0.2) is 0 Å². The summed E-state index contributed by atoms with van der Waals surface area (Å²) in [6.07, 6.45) is 6.60. The molecule has 1 rings (SSSR count). The van der Waals surface area contributed by atoms with Gasteiger partial charge in [0, 0.05) is 13.2 Å². The van der Waals surface area contributed by atoms with Crippen LogP contribution in [-0.4, -0.2) is 32.4 Å². The molecule has 1 heterocycles. The van der Waals surface area contributed by atoms with Crippen molar-refractivity contribution >= 4 is 0 Å². The quantitative estimate of drug-likeness (QED) is 0.646. The molecule has 1 aliphatic heterocycles. The van der Waals surface area contributed by atoms with Crippen LogP contribution in [-0.2, 0) is 9.47 Å². The molecule has 1 N–H and O–H groups in total. The van der Waals surface area contributed by atoms with Gasteiger partial charge in [0.25, 0.3) is 0 Å². The highest BCUT2D eigenvalue weighted by Crippen LogP contribution is 2.15. The summed E-state index contributed by atoms with van der Waals surface area (Å²) in [5.41, 5.74) is 0. The highest BCUT2D eigenvalue weighted by Gasteiger charge is 2.16. The standard InChI is InChI=1S/C13H25NO2/c1-3-9-15-11-8-12(14-4-2)13-7-5-6-10-16-13/h7,12,14H,3-6,8-11H2,1-2H3. The molecule has 94 valence electrons. The first-order valence-electron chi connectivity index (χ1n) is 6.52. The van der Waals surface area contributed by atoms with Crippen LogP contribution in [0.1, 0.15) is 39.5 Å². The minimum atomic E-state index is 0.335. The zero-order chi connectivity index (χ0) is 11.6. The summed E-state index contributed by atoms with van der Waals surface area (Å²) in [5.74, 6) is 1.12. The van der Waals surface area contributed by atoms with Crippen LogP contribution in [0.15, 0.2) is 11.8 Å². The Balaban J connectivity index is 2.31. The highest BCUT2D eigenvalue weighted by molar-refractivity contribution is 5.05. The fourth-order valence-electron chi connectivity index (χ4n) is 1.86. The lowest BCUT2D eigenvalue weighted by Crippen LogP contribution is -2.34. The molecule has 1 aliphatic rings. The van der Waals surface area contributed by atoms with Crippen LogP contribution in [0.2, 0.25) is 0 Å². The van der Waals surface area contributed by atoms with Gasteiger partial charge >= 0.3 is 0 Å². The Hall–Kier alpha value is -0.540. The maximum Gasteiger partial charge on any atom is 0.109 e. The number of nitrogens with one attached hydrogen (secondary N) is 1. The summed E-state index contributed by atoms with van der Waals surface area (Å²) >= 11 is 0. The van der Waals surface area contributed by atoms with Crippen molar-refractivity contribution in [1.82, 2.24) is 5.32 Å². The number of ether oxygens (including phenoxy) is 2. The molecule has 0 aliphatic carbocycles. The molecule has 0 aromatic rings. The van der Waals surface area contributed by atoms with E-state index >= 15 is 0 Å². The molecule has 0 aromatic heterocycles. The first-order valence-corrected chi connectivity index (χ1v) is 6.52. The lowest BCUT2D eigenvalue weighted by molar-refractivity contribution is 0.111. The van der Waals surface area contributed by atoms with Crippen molar-refractivity contribution in [3.8, 4) is 0 Å². The predicted molar refractivity (Wildman–Crippen MR) is 66.5 cm³/mol. The highest BCUT2D eigenvalue weighted by atomic mass is 16.5. The van der Waals surface area contributed by atoms with E-state index < -0.39 is 0 Å². The number of hydrogen-bond donors (Lipinski definition) is 1. The second-order valence-corrected chi connectivity index (χ2v) is 4.11. The third-order valence-electron chi connectivity index (χ3n) is 2.66. The Morgan fingerprint density at radius 3 is 2.94 bits per heavy atom. The monoisotopic (exact) mass is 227 g/mol. The molecule has 0 aromatic carbocycles. The molecular formula is C13H25NO2. The fraction of sp³-hybridized carbons (Fsp3) is 0.846. The Kier molecular flexibility index (Phi) is 7.26. The molecular weight excluding hydrogens is 202 g/mol. The summed E-state index contributed by atoms with van der Waals surface area (Å²) in [7, 11) is 0. The van der Waals surface area contributed by atoms with Crippen molar-refractivity contribution in [2.24, 2.45) is 0 Å². The smallest absolute Gasteiger partial charge is 0.109 e. The van der Waals surface area contributed by atoms with Gasteiger partial charge in [-0.3, -0.25) is 0 Å². The van der Waals surface area contributed by atoms with Crippen LogP contribution in [0.25, 0.3) is 0 Å². The van der Waals surface area contributed by atoms with Crippen LogP contribution >= 0.6 is 0 Å². The second-order valence-electron chi connectivity index (χ2n) is 4.11. The molecule has 0 spiro atoms. The first kappa shape index (κ1) is 13.5. The predicted octanol–water partition coefficient (Wildman–Crippen LogP) is 2.48. The maximum absolute atomic E-state index is 5.69. The van der Waals surface area contributed by atoms with Crippen molar-refractivity contribution in [3.05, 3.63) is 11.8 Å². The van der Waals surface area contributed by atoms with Crippen LogP contribution in [0.4, 0.5) is 0 Å². The second kappa shape index (κ2) is 8.59. The largest absolute Gasteiger partial charge is 0.497 e.